The van der Waals surface area contributed by atoms with Gasteiger partial charge in [-0.05, 0) is 36.8 Å². The second kappa shape index (κ2) is 5.48. The van der Waals surface area contributed by atoms with E-state index in [1.54, 1.807) is 18.2 Å². The molecule has 0 saturated heterocycles. The molecule has 0 unspecified atom stereocenters. The fourth-order valence-corrected chi connectivity index (χ4v) is 1.77. The number of nitro groups is 1. The van der Waals surface area contributed by atoms with Gasteiger partial charge in [0.1, 0.15) is 11.4 Å². The molecule has 0 bridgehead atoms. The van der Waals surface area contributed by atoms with Gasteiger partial charge in [-0.2, -0.15) is 0 Å². The zero-order valence-corrected chi connectivity index (χ0v) is 10.6. The molecule has 0 fully saturated rings. The zero-order valence-electron chi connectivity index (χ0n) is 10.6. The molecule has 20 heavy (non-hydrogen) atoms. The van der Waals surface area contributed by atoms with Crippen molar-refractivity contribution in [1.82, 2.24) is 0 Å². The maximum Gasteiger partial charge on any atom is 0.282 e. The molecular formula is C14H11FN2O3. The van der Waals surface area contributed by atoms with Gasteiger partial charge in [0, 0.05) is 11.8 Å². The minimum Gasteiger partial charge on any atom is -0.322 e. The van der Waals surface area contributed by atoms with Crippen molar-refractivity contribution in [3.63, 3.8) is 0 Å². The number of nitrogens with one attached hydrogen (secondary N) is 1. The Kier molecular flexibility index (Phi) is 3.74. The molecule has 2 rings (SSSR count). The Balaban J connectivity index is 2.34. The number of carbonyl (C=O) groups is 1. The van der Waals surface area contributed by atoms with Crippen LogP contribution in [0.25, 0.3) is 0 Å². The van der Waals surface area contributed by atoms with Crippen molar-refractivity contribution >= 4 is 17.3 Å². The molecule has 5 nitrogen and oxygen atoms in total. The van der Waals surface area contributed by atoms with E-state index >= 15 is 0 Å². The Morgan fingerprint density at radius 1 is 1.25 bits per heavy atom. The predicted molar refractivity (Wildman–Crippen MR) is 72.2 cm³/mol. The van der Waals surface area contributed by atoms with Crippen LogP contribution in [0.2, 0.25) is 0 Å². The summed E-state index contributed by atoms with van der Waals surface area (Å²) in [5.74, 6) is -1.42. The fraction of sp³-hybridized carbons (Fsp3) is 0.0714. The third kappa shape index (κ3) is 2.97. The summed E-state index contributed by atoms with van der Waals surface area (Å²) >= 11 is 0. The van der Waals surface area contributed by atoms with Crippen molar-refractivity contribution in [2.75, 3.05) is 5.32 Å². The van der Waals surface area contributed by atoms with Gasteiger partial charge in [-0.1, -0.05) is 12.1 Å². The molecule has 0 aromatic heterocycles. The number of anilines is 1. The lowest BCUT2D eigenvalue weighted by Gasteiger charge is -2.06. The van der Waals surface area contributed by atoms with E-state index < -0.39 is 22.3 Å². The van der Waals surface area contributed by atoms with Gasteiger partial charge in [0.25, 0.3) is 11.6 Å². The molecule has 0 spiro atoms. The van der Waals surface area contributed by atoms with E-state index in [1.807, 2.05) is 13.0 Å². The quantitative estimate of drug-likeness (QED) is 0.689. The summed E-state index contributed by atoms with van der Waals surface area (Å²) in [5, 5.41) is 13.4. The van der Waals surface area contributed by atoms with Crippen molar-refractivity contribution < 1.29 is 14.1 Å². The lowest BCUT2D eigenvalue weighted by Crippen LogP contribution is -2.14. The third-order valence-electron chi connectivity index (χ3n) is 2.68. The lowest BCUT2D eigenvalue weighted by molar-refractivity contribution is -0.385. The molecular weight excluding hydrogens is 263 g/mol. The van der Waals surface area contributed by atoms with Crippen molar-refractivity contribution in [2.24, 2.45) is 0 Å². The van der Waals surface area contributed by atoms with E-state index in [0.717, 1.165) is 23.8 Å². The first-order valence-corrected chi connectivity index (χ1v) is 5.79. The van der Waals surface area contributed by atoms with E-state index in [0.29, 0.717) is 5.69 Å². The standard InChI is InChI=1S/C14H11FN2O3/c1-9-3-2-4-11(7-9)16-14(18)12-8-10(15)5-6-13(12)17(19)20/h2-8H,1H3,(H,16,18). The lowest BCUT2D eigenvalue weighted by atomic mass is 10.1. The average Bonchev–Trinajstić information content (AvgIpc) is 2.38. The van der Waals surface area contributed by atoms with Crippen molar-refractivity contribution in [1.29, 1.82) is 0 Å². The third-order valence-corrected chi connectivity index (χ3v) is 2.68. The number of halogens is 1. The van der Waals surface area contributed by atoms with Crippen LogP contribution in [0.3, 0.4) is 0 Å². The molecule has 1 N–H and O–H groups in total. The van der Waals surface area contributed by atoms with Gasteiger partial charge in [0.15, 0.2) is 0 Å². The van der Waals surface area contributed by atoms with Crippen LogP contribution in [0.15, 0.2) is 42.5 Å². The second-order valence-electron chi connectivity index (χ2n) is 4.24. The largest absolute Gasteiger partial charge is 0.322 e. The molecule has 0 heterocycles. The van der Waals surface area contributed by atoms with Crippen molar-refractivity contribution in [2.45, 2.75) is 6.92 Å². The monoisotopic (exact) mass is 274 g/mol. The number of hydrogen-bond donors (Lipinski definition) is 1. The average molecular weight is 274 g/mol. The van der Waals surface area contributed by atoms with E-state index in [2.05, 4.69) is 5.32 Å². The molecule has 6 heteroatoms. The number of hydrogen-bond acceptors (Lipinski definition) is 3. The molecule has 0 aliphatic heterocycles. The highest BCUT2D eigenvalue weighted by atomic mass is 19.1. The predicted octanol–water partition coefficient (Wildman–Crippen LogP) is 3.29. The fourth-order valence-electron chi connectivity index (χ4n) is 1.77. The van der Waals surface area contributed by atoms with Gasteiger partial charge in [-0.25, -0.2) is 4.39 Å². The number of amides is 1. The van der Waals surface area contributed by atoms with Crippen LogP contribution in [0.1, 0.15) is 15.9 Å². The first-order chi connectivity index (χ1) is 9.47. The highest BCUT2D eigenvalue weighted by molar-refractivity contribution is 6.07. The maximum atomic E-state index is 13.2. The number of carbonyl (C=O) groups excluding carboxylic acids is 1. The molecule has 0 saturated carbocycles. The molecule has 2 aromatic carbocycles. The number of rotatable bonds is 3. The van der Waals surface area contributed by atoms with E-state index in [1.165, 1.54) is 0 Å². The van der Waals surface area contributed by atoms with Gasteiger partial charge < -0.3 is 5.32 Å². The summed E-state index contributed by atoms with van der Waals surface area (Å²) < 4.78 is 13.2. The molecule has 102 valence electrons. The van der Waals surface area contributed by atoms with E-state index in [4.69, 9.17) is 0 Å². The number of nitrogens with zero attached hydrogens (tertiary/aromatic N) is 1. The first-order valence-electron chi connectivity index (χ1n) is 5.79. The van der Waals surface area contributed by atoms with E-state index in [9.17, 15) is 19.3 Å². The Morgan fingerprint density at radius 3 is 2.65 bits per heavy atom. The van der Waals surface area contributed by atoms with Crippen LogP contribution in [0, 0.1) is 22.9 Å². The molecule has 2 aromatic rings. The highest BCUT2D eigenvalue weighted by Gasteiger charge is 2.20. The van der Waals surface area contributed by atoms with E-state index in [-0.39, 0.29) is 5.56 Å². The number of benzene rings is 2. The Hall–Kier alpha value is -2.76. The summed E-state index contributed by atoms with van der Waals surface area (Å²) in [5.41, 5.74) is 0.679. The normalized spacial score (nSPS) is 10.1. The van der Waals surface area contributed by atoms with Crippen LogP contribution in [-0.2, 0) is 0 Å². The summed E-state index contributed by atoms with van der Waals surface area (Å²) in [7, 11) is 0. The Bertz CT molecular complexity index is 686. The van der Waals surface area contributed by atoms with Crippen molar-refractivity contribution in [3.05, 3.63) is 69.5 Å². The minimum absolute atomic E-state index is 0.309. The summed E-state index contributed by atoms with van der Waals surface area (Å²) in [6, 6.07) is 9.72. The smallest absolute Gasteiger partial charge is 0.282 e. The SMILES string of the molecule is Cc1cccc(NC(=O)c2cc(F)ccc2[N+](=O)[O-])c1. The number of nitro benzene ring substituents is 1. The van der Waals surface area contributed by atoms with Gasteiger partial charge in [-0.15, -0.1) is 0 Å². The molecule has 0 aliphatic rings. The van der Waals surface area contributed by atoms with Gasteiger partial charge in [0.2, 0.25) is 0 Å². The summed E-state index contributed by atoms with van der Waals surface area (Å²) in [6.45, 7) is 1.85. The van der Waals surface area contributed by atoms with Gasteiger partial charge in [-0.3, -0.25) is 14.9 Å². The van der Waals surface area contributed by atoms with Crippen LogP contribution in [0.4, 0.5) is 15.8 Å². The molecule has 0 radical (unpaired) electrons. The zero-order chi connectivity index (χ0) is 14.7. The number of aryl methyl sites for hydroxylation is 1. The summed E-state index contributed by atoms with van der Waals surface area (Å²) in [6.07, 6.45) is 0. The van der Waals surface area contributed by atoms with Crippen LogP contribution in [0.5, 0.6) is 0 Å². The Morgan fingerprint density at radius 2 is 2.00 bits per heavy atom. The van der Waals surface area contributed by atoms with Crippen molar-refractivity contribution in [3.8, 4) is 0 Å². The Labute approximate surface area is 114 Å². The summed E-state index contributed by atoms with van der Waals surface area (Å²) in [4.78, 5) is 22.2. The second-order valence-corrected chi connectivity index (χ2v) is 4.24. The first kappa shape index (κ1) is 13.7. The van der Waals surface area contributed by atoms with Crippen LogP contribution in [-0.4, -0.2) is 10.8 Å². The minimum atomic E-state index is -0.721. The molecule has 0 aliphatic carbocycles. The van der Waals surface area contributed by atoms with Crippen LogP contribution < -0.4 is 5.32 Å². The molecule has 0 atom stereocenters. The van der Waals surface area contributed by atoms with Crippen LogP contribution >= 0.6 is 0 Å². The highest BCUT2D eigenvalue weighted by Crippen LogP contribution is 2.21. The van der Waals surface area contributed by atoms with Gasteiger partial charge in [0.05, 0.1) is 4.92 Å². The molecule has 1 amide bonds. The maximum absolute atomic E-state index is 13.2. The topological polar surface area (TPSA) is 72.2 Å². The van der Waals surface area contributed by atoms with Gasteiger partial charge >= 0.3 is 0 Å².